The van der Waals surface area contributed by atoms with Crippen molar-refractivity contribution in [1.82, 2.24) is 4.57 Å². The van der Waals surface area contributed by atoms with Gasteiger partial charge < -0.3 is 9.88 Å². The van der Waals surface area contributed by atoms with Crippen molar-refractivity contribution in [1.29, 1.82) is 0 Å². The van der Waals surface area contributed by atoms with Crippen LogP contribution in [0.15, 0.2) is 67.0 Å². The fraction of sp³-hybridized carbons (Fsp3) is 0.111. The summed E-state index contributed by atoms with van der Waals surface area (Å²) in [5, 5.41) is 3.39. The minimum Gasteiger partial charge on any atom is -0.381 e. The van der Waals surface area contributed by atoms with Gasteiger partial charge in [0.15, 0.2) is 0 Å². The lowest BCUT2D eigenvalue weighted by molar-refractivity contribution is 0.625. The second-order valence-corrected chi connectivity index (χ2v) is 5.07. The Morgan fingerprint density at radius 2 is 1.81 bits per heavy atom. The summed E-state index contributed by atoms with van der Waals surface area (Å²) in [5.74, 6) is -0.189. The Hall–Kier alpha value is -2.55. The van der Waals surface area contributed by atoms with Gasteiger partial charge in [0.25, 0.3) is 0 Å². The molecule has 0 spiro atoms. The minimum absolute atomic E-state index is 0.189. The van der Waals surface area contributed by atoms with Gasteiger partial charge in [-0.25, -0.2) is 4.39 Å². The van der Waals surface area contributed by atoms with Gasteiger partial charge in [-0.1, -0.05) is 12.1 Å². The molecule has 0 unspecified atom stereocenters. The molecule has 0 fully saturated rings. The highest BCUT2D eigenvalue weighted by Gasteiger charge is 2.01. The van der Waals surface area contributed by atoms with E-state index in [0.29, 0.717) is 6.54 Å². The third-order valence-corrected chi connectivity index (χ3v) is 3.54. The minimum atomic E-state index is -0.189. The molecule has 0 bridgehead atoms. The number of rotatable bonds is 4. The van der Waals surface area contributed by atoms with Gasteiger partial charge >= 0.3 is 0 Å². The van der Waals surface area contributed by atoms with E-state index in [-0.39, 0.29) is 5.82 Å². The van der Waals surface area contributed by atoms with Gasteiger partial charge in [0.1, 0.15) is 5.82 Å². The van der Waals surface area contributed by atoms with Crippen molar-refractivity contribution >= 4 is 5.69 Å². The van der Waals surface area contributed by atoms with Gasteiger partial charge in [0.05, 0.1) is 0 Å². The van der Waals surface area contributed by atoms with Crippen LogP contribution in [-0.4, -0.2) is 4.57 Å². The summed E-state index contributed by atoms with van der Waals surface area (Å²) in [6, 6.07) is 17.1. The van der Waals surface area contributed by atoms with Gasteiger partial charge in [0.2, 0.25) is 0 Å². The lowest BCUT2D eigenvalue weighted by atomic mass is 10.1. The van der Waals surface area contributed by atoms with E-state index >= 15 is 0 Å². The van der Waals surface area contributed by atoms with Gasteiger partial charge in [-0.05, 0) is 60.5 Å². The molecule has 0 radical (unpaired) electrons. The molecule has 0 aliphatic carbocycles. The third kappa shape index (κ3) is 3.14. The molecule has 3 heteroatoms. The normalized spacial score (nSPS) is 10.6. The smallest absolute Gasteiger partial charge is 0.123 e. The first-order valence-electron chi connectivity index (χ1n) is 6.95. The molecule has 1 N–H and O–H groups in total. The van der Waals surface area contributed by atoms with Crippen molar-refractivity contribution in [3.05, 3.63) is 83.9 Å². The van der Waals surface area contributed by atoms with Crippen molar-refractivity contribution in [2.24, 2.45) is 0 Å². The van der Waals surface area contributed by atoms with E-state index in [0.717, 1.165) is 22.5 Å². The largest absolute Gasteiger partial charge is 0.381 e. The van der Waals surface area contributed by atoms with Crippen molar-refractivity contribution in [2.45, 2.75) is 13.5 Å². The van der Waals surface area contributed by atoms with Crippen LogP contribution >= 0.6 is 0 Å². The Labute approximate surface area is 123 Å². The molecule has 3 rings (SSSR count). The molecule has 0 saturated carbocycles. The SMILES string of the molecule is Cc1cc(F)ccc1CNc1cccc(-n2cccc2)c1. The van der Waals surface area contributed by atoms with E-state index in [9.17, 15) is 4.39 Å². The standard InChI is InChI=1S/C18H17FN2/c1-14-11-16(19)8-7-15(14)13-20-17-5-4-6-18(12-17)21-9-2-3-10-21/h2-12,20H,13H2,1H3. The summed E-state index contributed by atoms with van der Waals surface area (Å²) in [6.07, 6.45) is 4.03. The highest BCUT2D eigenvalue weighted by molar-refractivity contribution is 5.51. The van der Waals surface area contributed by atoms with Crippen LogP contribution < -0.4 is 5.32 Å². The summed E-state index contributed by atoms with van der Waals surface area (Å²) in [5.41, 5.74) is 4.22. The van der Waals surface area contributed by atoms with Crippen LogP contribution in [-0.2, 0) is 6.54 Å². The molecule has 0 amide bonds. The molecule has 0 atom stereocenters. The molecule has 0 aliphatic heterocycles. The van der Waals surface area contributed by atoms with E-state index in [1.54, 1.807) is 6.07 Å². The van der Waals surface area contributed by atoms with Crippen LogP contribution in [0.1, 0.15) is 11.1 Å². The highest BCUT2D eigenvalue weighted by Crippen LogP contribution is 2.17. The number of halogens is 1. The number of nitrogens with zero attached hydrogens (tertiary/aromatic N) is 1. The number of hydrogen-bond acceptors (Lipinski definition) is 1. The molecule has 0 aliphatic rings. The average molecular weight is 280 g/mol. The number of hydrogen-bond donors (Lipinski definition) is 1. The molecule has 21 heavy (non-hydrogen) atoms. The van der Waals surface area contributed by atoms with Crippen molar-refractivity contribution in [3.63, 3.8) is 0 Å². The Morgan fingerprint density at radius 3 is 2.57 bits per heavy atom. The van der Waals surface area contributed by atoms with E-state index in [1.165, 1.54) is 6.07 Å². The summed E-state index contributed by atoms with van der Waals surface area (Å²) in [6.45, 7) is 2.61. The van der Waals surface area contributed by atoms with Gasteiger partial charge in [-0.15, -0.1) is 0 Å². The lowest BCUT2D eigenvalue weighted by Crippen LogP contribution is -2.02. The zero-order chi connectivity index (χ0) is 14.7. The van der Waals surface area contributed by atoms with Crippen LogP contribution in [0.25, 0.3) is 5.69 Å². The average Bonchev–Trinajstić information content (AvgIpc) is 3.01. The molecule has 106 valence electrons. The molecule has 2 aromatic carbocycles. The number of nitrogens with one attached hydrogen (secondary N) is 1. The number of anilines is 1. The van der Waals surface area contributed by atoms with Crippen LogP contribution in [0.2, 0.25) is 0 Å². The van der Waals surface area contributed by atoms with Crippen LogP contribution in [0, 0.1) is 12.7 Å². The first kappa shape index (κ1) is 13.4. The molecular formula is C18H17FN2. The van der Waals surface area contributed by atoms with Gasteiger partial charge in [-0.2, -0.15) is 0 Å². The molecule has 1 heterocycles. The van der Waals surface area contributed by atoms with Gasteiger partial charge in [0, 0.05) is 30.3 Å². The Kier molecular flexibility index (Phi) is 3.73. The predicted molar refractivity (Wildman–Crippen MR) is 84.2 cm³/mol. The number of benzene rings is 2. The van der Waals surface area contributed by atoms with Crippen molar-refractivity contribution in [2.75, 3.05) is 5.32 Å². The van der Waals surface area contributed by atoms with Crippen molar-refractivity contribution < 1.29 is 4.39 Å². The highest BCUT2D eigenvalue weighted by atomic mass is 19.1. The topological polar surface area (TPSA) is 17.0 Å². The first-order valence-corrected chi connectivity index (χ1v) is 6.95. The fourth-order valence-corrected chi connectivity index (χ4v) is 2.34. The first-order chi connectivity index (χ1) is 10.2. The summed E-state index contributed by atoms with van der Waals surface area (Å²) in [7, 11) is 0. The quantitative estimate of drug-likeness (QED) is 0.742. The molecule has 1 aromatic heterocycles. The summed E-state index contributed by atoms with van der Waals surface area (Å²) in [4.78, 5) is 0. The van der Waals surface area contributed by atoms with Crippen LogP contribution in [0.3, 0.4) is 0 Å². The molecule has 3 aromatic rings. The lowest BCUT2D eigenvalue weighted by Gasteiger charge is -2.11. The van der Waals surface area contributed by atoms with Gasteiger partial charge in [-0.3, -0.25) is 0 Å². The Balaban J connectivity index is 1.75. The Morgan fingerprint density at radius 1 is 1.00 bits per heavy atom. The second kappa shape index (κ2) is 5.83. The summed E-state index contributed by atoms with van der Waals surface area (Å²) < 4.78 is 15.2. The van der Waals surface area contributed by atoms with E-state index in [4.69, 9.17) is 0 Å². The second-order valence-electron chi connectivity index (χ2n) is 5.07. The van der Waals surface area contributed by atoms with E-state index < -0.39 is 0 Å². The third-order valence-electron chi connectivity index (χ3n) is 3.54. The Bertz CT molecular complexity index is 733. The van der Waals surface area contributed by atoms with Crippen LogP contribution in [0.4, 0.5) is 10.1 Å². The zero-order valence-corrected chi connectivity index (χ0v) is 11.9. The van der Waals surface area contributed by atoms with E-state index in [2.05, 4.69) is 22.0 Å². The number of aryl methyl sites for hydroxylation is 1. The predicted octanol–water partition coefficient (Wildman–Crippen LogP) is 4.54. The monoisotopic (exact) mass is 280 g/mol. The maximum absolute atomic E-state index is 13.1. The molecule has 2 nitrogen and oxygen atoms in total. The molecular weight excluding hydrogens is 263 g/mol. The zero-order valence-electron chi connectivity index (χ0n) is 11.9. The maximum Gasteiger partial charge on any atom is 0.123 e. The van der Waals surface area contributed by atoms with Crippen LogP contribution in [0.5, 0.6) is 0 Å². The number of aromatic nitrogens is 1. The summed E-state index contributed by atoms with van der Waals surface area (Å²) >= 11 is 0. The molecule has 0 saturated heterocycles. The van der Waals surface area contributed by atoms with Crippen molar-refractivity contribution in [3.8, 4) is 5.69 Å². The fourth-order valence-electron chi connectivity index (χ4n) is 2.34. The maximum atomic E-state index is 13.1. The van der Waals surface area contributed by atoms with E-state index in [1.807, 2.05) is 49.6 Å².